The molecule has 0 bridgehead atoms. The summed E-state index contributed by atoms with van der Waals surface area (Å²) in [7, 11) is 2.13. The van der Waals surface area contributed by atoms with Crippen molar-refractivity contribution in [2.24, 2.45) is 0 Å². The first-order chi connectivity index (χ1) is 8.66. The van der Waals surface area contributed by atoms with E-state index in [9.17, 15) is 9.90 Å². The Hall–Kier alpha value is -0.590. The van der Waals surface area contributed by atoms with Crippen LogP contribution in [0.5, 0.6) is 0 Å². The van der Waals surface area contributed by atoms with Crippen molar-refractivity contribution in [2.45, 2.75) is 24.8 Å². The summed E-state index contributed by atoms with van der Waals surface area (Å²) in [6.07, 6.45) is 1.60. The lowest BCUT2D eigenvalue weighted by molar-refractivity contribution is -0.138. The van der Waals surface area contributed by atoms with Crippen LogP contribution in [0.25, 0.3) is 0 Å². The summed E-state index contributed by atoms with van der Waals surface area (Å²) in [6, 6.07) is 0.369. The molecule has 1 fully saturated rings. The molecule has 0 saturated carbocycles. The van der Waals surface area contributed by atoms with Crippen molar-refractivity contribution in [3.63, 3.8) is 0 Å². The number of thiazole rings is 1. The van der Waals surface area contributed by atoms with E-state index in [1.54, 1.807) is 11.3 Å². The summed E-state index contributed by atoms with van der Waals surface area (Å²) in [6.45, 7) is 1.09. The fourth-order valence-corrected chi connectivity index (χ4v) is 5.21. The number of hydrogen-bond acceptors (Lipinski definition) is 5. The summed E-state index contributed by atoms with van der Waals surface area (Å²) < 4.78 is 0. The average molecular weight is 284 g/mol. The molecular formula is C12H16N2O2S2. The number of carbonyl (C=O) groups is 1. The molecule has 0 aromatic carbocycles. The minimum atomic E-state index is -0.725. The van der Waals surface area contributed by atoms with Gasteiger partial charge in [0.25, 0.3) is 0 Å². The number of carboxylic acid groups (broad SMARTS) is 1. The first-order valence-electron chi connectivity index (χ1n) is 6.17. The Balaban J connectivity index is 1.87. The molecule has 2 atom stereocenters. The van der Waals surface area contributed by atoms with Crippen LogP contribution in [0.4, 0.5) is 0 Å². The molecule has 2 heterocycles. The van der Waals surface area contributed by atoms with E-state index in [4.69, 9.17) is 0 Å². The van der Waals surface area contributed by atoms with Gasteiger partial charge in [-0.15, -0.1) is 11.3 Å². The normalized spacial score (nSPS) is 28.3. The highest BCUT2D eigenvalue weighted by Crippen LogP contribution is 2.40. The lowest BCUT2D eigenvalue weighted by atomic mass is 10.1. The van der Waals surface area contributed by atoms with Gasteiger partial charge in [-0.3, -0.25) is 9.69 Å². The number of aliphatic carboxylic acids is 1. The monoisotopic (exact) mass is 284 g/mol. The summed E-state index contributed by atoms with van der Waals surface area (Å²) in [5, 5.41) is 10.3. The molecule has 1 aromatic rings. The Bertz CT molecular complexity index is 475. The highest BCUT2D eigenvalue weighted by atomic mass is 32.2. The van der Waals surface area contributed by atoms with E-state index in [0.717, 1.165) is 35.8 Å². The van der Waals surface area contributed by atoms with Gasteiger partial charge in [0.2, 0.25) is 0 Å². The van der Waals surface area contributed by atoms with Crippen molar-refractivity contribution in [1.82, 2.24) is 9.88 Å². The van der Waals surface area contributed by atoms with E-state index in [1.807, 2.05) is 11.8 Å². The van der Waals surface area contributed by atoms with Gasteiger partial charge in [0.15, 0.2) is 0 Å². The number of fused-ring (bicyclic) bond motifs is 1. The molecule has 6 heteroatoms. The van der Waals surface area contributed by atoms with Crippen LogP contribution in [0.15, 0.2) is 0 Å². The number of aryl methyl sites for hydroxylation is 1. The zero-order valence-electron chi connectivity index (χ0n) is 10.3. The molecule has 1 saturated heterocycles. The molecule has 2 aliphatic rings. The molecule has 18 heavy (non-hydrogen) atoms. The van der Waals surface area contributed by atoms with E-state index < -0.39 is 5.97 Å². The van der Waals surface area contributed by atoms with E-state index in [0.29, 0.717) is 6.04 Å². The average Bonchev–Trinajstić information content (AvgIpc) is 2.88. The quantitative estimate of drug-likeness (QED) is 0.900. The number of rotatable bonds is 2. The highest BCUT2D eigenvalue weighted by molar-refractivity contribution is 7.99. The standard InChI is InChI=1S/C12H16N2O2S2/c1-14-4-5-17-6-8(14)11-13-10-7(12(15)16)2-3-9(10)18-11/h7-8H,2-6H2,1H3,(H,15,16). The largest absolute Gasteiger partial charge is 0.481 e. The van der Waals surface area contributed by atoms with Gasteiger partial charge in [0.1, 0.15) is 10.9 Å². The van der Waals surface area contributed by atoms with Gasteiger partial charge in [-0.05, 0) is 19.9 Å². The smallest absolute Gasteiger partial charge is 0.312 e. The van der Waals surface area contributed by atoms with E-state index >= 15 is 0 Å². The molecule has 98 valence electrons. The molecule has 0 radical (unpaired) electrons. The molecule has 3 rings (SSSR count). The van der Waals surface area contributed by atoms with Crippen molar-refractivity contribution in [2.75, 3.05) is 25.1 Å². The molecule has 1 aromatic heterocycles. The zero-order chi connectivity index (χ0) is 12.7. The third-order valence-corrected chi connectivity index (χ3v) is 5.97. The molecule has 4 nitrogen and oxygen atoms in total. The van der Waals surface area contributed by atoms with Gasteiger partial charge < -0.3 is 5.11 Å². The first kappa shape index (κ1) is 12.4. The zero-order valence-corrected chi connectivity index (χ0v) is 11.9. The van der Waals surface area contributed by atoms with Gasteiger partial charge in [-0.2, -0.15) is 11.8 Å². The SMILES string of the molecule is CN1CCSCC1c1nc2c(s1)CCC2C(=O)O. The molecule has 0 amide bonds. The van der Waals surface area contributed by atoms with Crippen LogP contribution in [0.3, 0.4) is 0 Å². The summed E-state index contributed by atoms with van der Waals surface area (Å²) in [4.78, 5) is 19.3. The molecule has 2 unspecified atom stereocenters. The Morgan fingerprint density at radius 3 is 3.11 bits per heavy atom. The minimum Gasteiger partial charge on any atom is -0.481 e. The third kappa shape index (κ3) is 2.06. The second-order valence-corrected chi connectivity index (χ2v) is 7.13. The second kappa shape index (κ2) is 4.83. The first-order valence-corrected chi connectivity index (χ1v) is 8.14. The summed E-state index contributed by atoms with van der Waals surface area (Å²) >= 11 is 3.68. The van der Waals surface area contributed by atoms with Gasteiger partial charge in [-0.25, -0.2) is 4.98 Å². The number of carboxylic acids is 1. The van der Waals surface area contributed by atoms with Crippen molar-refractivity contribution in [3.05, 3.63) is 15.6 Å². The van der Waals surface area contributed by atoms with Crippen LogP contribution in [0, 0.1) is 0 Å². The van der Waals surface area contributed by atoms with Crippen LogP contribution in [-0.2, 0) is 11.2 Å². The Labute approximate surface area is 114 Å². The van der Waals surface area contributed by atoms with Gasteiger partial charge in [0.05, 0.1) is 11.7 Å². The lowest BCUT2D eigenvalue weighted by Gasteiger charge is -2.30. The Morgan fingerprint density at radius 1 is 1.56 bits per heavy atom. The van der Waals surface area contributed by atoms with E-state index in [-0.39, 0.29) is 5.92 Å². The highest BCUT2D eigenvalue weighted by Gasteiger charge is 2.34. The van der Waals surface area contributed by atoms with Gasteiger partial charge in [0, 0.05) is 22.9 Å². The van der Waals surface area contributed by atoms with Crippen LogP contribution in [0.1, 0.15) is 34.0 Å². The topological polar surface area (TPSA) is 53.4 Å². The number of nitrogens with zero attached hydrogens (tertiary/aromatic N) is 2. The van der Waals surface area contributed by atoms with Crippen molar-refractivity contribution in [1.29, 1.82) is 0 Å². The van der Waals surface area contributed by atoms with Crippen LogP contribution in [0.2, 0.25) is 0 Å². The number of thioether (sulfide) groups is 1. The summed E-state index contributed by atoms with van der Waals surface area (Å²) in [5.74, 6) is 1.15. The number of hydrogen-bond donors (Lipinski definition) is 1. The van der Waals surface area contributed by atoms with Crippen LogP contribution >= 0.6 is 23.1 Å². The third-order valence-electron chi connectivity index (χ3n) is 3.71. The fourth-order valence-electron chi connectivity index (χ4n) is 2.58. The maximum absolute atomic E-state index is 11.2. The van der Waals surface area contributed by atoms with Crippen LogP contribution in [-0.4, -0.2) is 46.1 Å². The maximum atomic E-state index is 11.2. The predicted molar refractivity (Wildman–Crippen MR) is 73.5 cm³/mol. The van der Waals surface area contributed by atoms with Crippen molar-refractivity contribution >= 4 is 29.1 Å². The van der Waals surface area contributed by atoms with E-state index in [2.05, 4.69) is 16.9 Å². The fraction of sp³-hybridized carbons (Fsp3) is 0.667. The second-order valence-electron chi connectivity index (χ2n) is 4.86. The summed E-state index contributed by atoms with van der Waals surface area (Å²) in [5.41, 5.74) is 0.839. The predicted octanol–water partition coefficient (Wildman–Crippen LogP) is 1.98. The minimum absolute atomic E-state index is 0.369. The number of aromatic nitrogens is 1. The molecular weight excluding hydrogens is 268 g/mol. The molecule has 1 N–H and O–H groups in total. The lowest BCUT2D eigenvalue weighted by Crippen LogP contribution is -2.32. The van der Waals surface area contributed by atoms with Gasteiger partial charge in [-0.1, -0.05) is 0 Å². The maximum Gasteiger partial charge on any atom is 0.312 e. The Kier molecular flexibility index (Phi) is 3.34. The van der Waals surface area contributed by atoms with Crippen molar-refractivity contribution in [3.8, 4) is 0 Å². The van der Waals surface area contributed by atoms with Crippen LogP contribution < -0.4 is 0 Å². The molecule has 1 aliphatic carbocycles. The van der Waals surface area contributed by atoms with E-state index in [1.165, 1.54) is 10.6 Å². The van der Waals surface area contributed by atoms with Crippen molar-refractivity contribution < 1.29 is 9.90 Å². The molecule has 1 aliphatic heterocycles. The van der Waals surface area contributed by atoms with Gasteiger partial charge >= 0.3 is 5.97 Å². The Morgan fingerprint density at radius 2 is 2.39 bits per heavy atom. The molecule has 0 spiro atoms.